The monoisotopic (exact) mass is 263 g/mol. The van der Waals surface area contributed by atoms with Gasteiger partial charge in [0, 0.05) is 12.8 Å². The number of carboxylic acids is 1. The fraction of sp³-hybridized carbons (Fsp3) is 0.286. The fourth-order valence-corrected chi connectivity index (χ4v) is 1.57. The molecule has 0 radical (unpaired) electrons. The highest BCUT2D eigenvalue weighted by atomic mass is 16.4. The number of carboxylic acid groups (broad SMARTS) is 1. The van der Waals surface area contributed by atoms with Gasteiger partial charge in [0.1, 0.15) is 11.8 Å². The molecular formula is C14H17NO4. The van der Waals surface area contributed by atoms with E-state index in [1.54, 1.807) is 18.2 Å². The fourth-order valence-electron chi connectivity index (χ4n) is 1.57. The summed E-state index contributed by atoms with van der Waals surface area (Å²) in [5.74, 6) is -1.28. The van der Waals surface area contributed by atoms with Crippen molar-refractivity contribution in [2.75, 3.05) is 0 Å². The Balaban J connectivity index is 2.62. The van der Waals surface area contributed by atoms with E-state index in [2.05, 4.69) is 11.9 Å². The first kappa shape index (κ1) is 14.8. The molecule has 5 heteroatoms. The molecule has 1 atom stereocenters. The van der Waals surface area contributed by atoms with E-state index < -0.39 is 12.0 Å². The summed E-state index contributed by atoms with van der Waals surface area (Å²) < 4.78 is 0. The average molecular weight is 263 g/mol. The van der Waals surface area contributed by atoms with Crippen molar-refractivity contribution in [1.29, 1.82) is 0 Å². The molecule has 0 bridgehead atoms. The number of carbonyl (C=O) groups excluding carboxylic acids is 1. The van der Waals surface area contributed by atoms with E-state index in [0.29, 0.717) is 6.42 Å². The number of hydrogen-bond donors (Lipinski definition) is 3. The van der Waals surface area contributed by atoms with Crippen LogP contribution in [0.2, 0.25) is 0 Å². The summed E-state index contributed by atoms with van der Waals surface area (Å²) in [4.78, 5) is 22.6. The number of aliphatic carboxylic acids is 1. The van der Waals surface area contributed by atoms with Gasteiger partial charge in [-0.1, -0.05) is 18.2 Å². The minimum atomic E-state index is -1.08. The number of carbonyl (C=O) groups is 2. The second kappa shape index (κ2) is 7.20. The third-order valence-corrected chi connectivity index (χ3v) is 2.59. The van der Waals surface area contributed by atoms with E-state index in [9.17, 15) is 9.59 Å². The minimum absolute atomic E-state index is 0.116. The van der Waals surface area contributed by atoms with Crippen molar-refractivity contribution < 1.29 is 19.8 Å². The third kappa shape index (κ3) is 5.25. The van der Waals surface area contributed by atoms with Crippen LogP contribution in [0.25, 0.3) is 0 Å². The number of phenolic OH excluding ortho intramolecular Hbond substituents is 1. The van der Waals surface area contributed by atoms with E-state index in [1.165, 1.54) is 12.1 Å². The van der Waals surface area contributed by atoms with Gasteiger partial charge in [0.2, 0.25) is 5.91 Å². The number of allylic oxidation sites excluding steroid dienone is 1. The molecule has 0 aliphatic heterocycles. The standard InChI is InChI=1S/C14H17NO4/c1-2-3-4-13(17)15-12(14(18)19)9-10-5-7-11(16)8-6-10/h2,5-8,12,16H,1,3-4,9H2,(H,15,17)(H,18,19). The molecule has 19 heavy (non-hydrogen) atoms. The van der Waals surface area contributed by atoms with Gasteiger partial charge < -0.3 is 15.5 Å². The third-order valence-electron chi connectivity index (χ3n) is 2.59. The number of hydrogen-bond acceptors (Lipinski definition) is 3. The summed E-state index contributed by atoms with van der Waals surface area (Å²) >= 11 is 0. The van der Waals surface area contributed by atoms with Crippen LogP contribution < -0.4 is 5.32 Å². The molecule has 5 nitrogen and oxygen atoms in total. The Kier molecular flexibility index (Phi) is 5.60. The second-order valence-electron chi connectivity index (χ2n) is 4.16. The topological polar surface area (TPSA) is 86.6 Å². The summed E-state index contributed by atoms with van der Waals surface area (Å²) in [7, 11) is 0. The highest BCUT2D eigenvalue weighted by Gasteiger charge is 2.19. The van der Waals surface area contributed by atoms with Crippen molar-refractivity contribution in [3.8, 4) is 5.75 Å². The predicted molar refractivity (Wildman–Crippen MR) is 70.8 cm³/mol. The zero-order valence-corrected chi connectivity index (χ0v) is 10.5. The molecule has 0 aromatic heterocycles. The first-order chi connectivity index (χ1) is 9.02. The largest absolute Gasteiger partial charge is 0.508 e. The number of amides is 1. The number of benzene rings is 1. The number of rotatable bonds is 7. The summed E-state index contributed by atoms with van der Waals surface area (Å²) in [6.45, 7) is 3.50. The van der Waals surface area contributed by atoms with Crippen LogP contribution in [-0.2, 0) is 16.0 Å². The molecule has 1 aromatic rings. The van der Waals surface area contributed by atoms with Crippen LogP contribution in [0.3, 0.4) is 0 Å². The minimum Gasteiger partial charge on any atom is -0.508 e. The highest BCUT2D eigenvalue weighted by molar-refractivity contribution is 5.83. The lowest BCUT2D eigenvalue weighted by Gasteiger charge is -2.14. The summed E-state index contributed by atoms with van der Waals surface area (Å²) in [6, 6.07) is 5.24. The van der Waals surface area contributed by atoms with Crippen LogP contribution in [0, 0.1) is 0 Å². The zero-order chi connectivity index (χ0) is 14.3. The van der Waals surface area contributed by atoms with Crippen LogP contribution in [-0.4, -0.2) is 28.1 Å². The van der Waals surface area contributed by atoms with Gasteiger partial charge in [0.25, 0.3) is 0 Å². The first-order valence-electron chi connectivity index (χ1n) is 5.94. The lowest BCUT2D eigenvalue weighted by molar-refractivity contribution is -0.141. The van der Waals surface area contributed by atoms with Crippen molar-refractivity contribution in [2.24, 2.45) is 0 Å². The van der Waals surface area contributed by atoms with Crippen molar-refractivity contribution in [3.63, 3.8) is 0 Å². The molecule has 3 N–H and O–H groups in total. The molecule has 1 rings (SSSR count). The van der Waals surface area contributed by atoms with Gasteiger partial charge in [-0.3, -0.25) is 4.79 Å². The summed E-state index contributed by atoms with van der Waals surface area (Å²) in [5, 5.41) is 20.7. The Morgan fingerprint density at radius 1 is 1.32 bits per heavy atom. The molecule has 1 aromatic carbocycles. The molecule has 0 heterocycles. The van der Waals surface area contributed by atoms with Crippen LogP contribution in [0.5, 0.6) is 5.75 Å². The summed E-state index contributed by atoms with van der Waals surface area (Å²) in [6.07, 6.45) is 2.52. The molecule has 102 valence electrons. The number of aromatic hydroxyl groups is 1. The Morgan fingerprint density at radius 2 is 1.95 bits per heavy atom. The molecule has 0 spiro atoms. The van der Waals surface area contributed by atoms with Gasteiger partial charge in [-0.25, -0.2) is 4.79 Å². The SMILES string of the molecule is C=CCCC(=O)NC(Cc1ccc(O)cc1)C(=O)O. The first-order valence-corrected chi connectivity index (χ1v) is 5.94. The molecule has 0 saturated heterocycles. The smallest absolute Gasteiger partial charge is 0.326 e. The van der Waals surface area contributed by atoms with Crippen LogP contribution in [0.15, 0.2) is 36.9 Å². The maximum absolute atomic E-state index is 11.5. The maximum Gasteiger partial charge on any atom is 0.326 e. The van der Waals surface area contributed by atoms with Gasteiger partial charge in [-0.05, 0) is 24.1 Å². The molecule has 0 aliphatic carbocycles. The lowest BCUT2D eigenvalue weighted by Crippen LogP contribution is -2.42. The van der Waals surface area contributed by atoms with Crippen LogP contribution in [0.1, 0.15) is 18.4 Å². The number of phenols is 1. The quantitative estimate of drug-likeness (QED) is 0.650. The molecule has 0 aliphatic rings. The Labute approximate surface area is 111 Å². The van der Waals surface area contributed by atoms with Gasteiger partial charge in [0.15, 0.2) is 0 Å². The highest BCUT2D eigenvalue weighted by Crippen LogP contribution is 2.11. The molecule has 0 saturated carbocycles. The second-order valence-corrected chi connectivity index (χ2v) is 4.16. The Morgan fingerprint density at radius 3 is 2.47 bits per heavy atom. The number of nitrogens with one attached hydrogen (secondary N) is 1. The molecule has 1 unspecified atom stereocenters. The maximum atomic E-state index is 11.5. The lowest BCUT2D eigenvalue weighted by atomic mass is 10.1. The Hall–Kier alpha value is -2.30. The van der Waals surface area contributed by atoms with Gasteiger partial charge in [-0.2, -0.15) is 0 Å². The van der Waals surface area contributed by atoms with E-state index in [1.807, 2.05) is 0 Å². The van der Waals surface area contributed by atoms with E-state index >= 15 is 0 Å². The van der Waals surface area contributed by atoms with Gasteiger partial charge in [0.05, 0.1) is 0 Å². The van der Waals surface area contributed by atoms with Crippen molar-refractivity contribution in [3.05, 3.63) is 42.5 Å². The zero-order valence-electron chi connectivity index (χ0n) is 10.5. The van der Waals surface area contributed by atoms with Crippen LogP contribution in [0.4, 0.5) is 0 Å². The molecule has 1 amide bonds. The van der Waals surface area contributed by atoms with Crippen molar-refractivity contribution in [2.45, 2.75) is 25.3 Å². The van der Waals surface area contributed by atoms with Gasteiger partial charge >= 0.3 is 5.97 Å². The predicted octanol–water partition coefficient (Wildman–Crippen LogP) is 1.47. The van der Waals surface area contributed by atoms with Crippen molar-refractivity contribution in [1.82, 2.24) is 5.32 Å². The molecule has 0 fully saturated rings. The average Bonchev–Trinajstić information content (AvgIpc) is 2.38. The van der Waals surface area contributed by atoms with Crippen LogP contribution >= 0.6 is 0 Å². The summed E-state index contributed by atoms with van der Waals surface area (Å²) in [5.41, 5.74) is 0.731. The normalized spacial score (nSPS) is 11.6. The van der Waals surface area contributed by atoms with Gasteiger partial charge in [-0.15, -0.1) is 6.58 Å². The van der Waals surface area contributed by atoms with E-state index in [-0.39, 0.29) is 24.5 Å². The van der Waals surface area contributed by atoms with Crippen molar-refractivity contribution >= 4 is 11.9 Å². The van der Waals surface area contributed by atoms with E-state index in [0.717, 1.165) is 5.56 Å². The molecular weight excluding hydrogens is 246 g/mol. The Bertz CT molecular complexity index is 453. The van der Waals surface area contributed by atoms with E-state index in [4.69, 9.17) is 10.2 Å².